The van der Waals surface area contributed by atoms with Crippen LogP contribution in [0.2, 0.25) is 0 Å². The van der Waals surface area contributed by atoms with Gasteiger partial charge in [0.15, 0.2) is 0 Å². The van der Waals surface area contributed by atoms with Crippen LogP contribution in [0.5, 0.6) is 0 Å². The van der Waals surface area contributed by atoms with Gasteiger partial charge in [0.1, 0.15) is 5.69 Å². The predicted molar refractivity (Wildman–Crippen MR) is 78.2 cm³/mol. The molecule has 0 saturated heterocycles. The first-order valence-electron chi connectivity index (χ1n) is 6.70. The number of hydrogen-bond donors (Lipinski definition) is 1. The molecule has 0 aliphatic carbocycles. The number of alkyl halides is 3. The molecule has 0 aliphatic heterocycles. The van der Waals surface area contributed by atoms with Gasteiger partial charge in [0, 0.05) is 23.8 Å². The minimum atomic E-state index is -4.36. The van der Waals surface area contributed by atoms with E-state index >= 15 is 0 Å². The molecule has 7 heteroatoms. The molecule has 1 heterocycles. The van der Waals surface area contributed by atoms with Gasteiger partial charge < -0.3 is 0 Å². The lowest BCUT2D eigenvalue weighted by atomic mass is 10.1. The van der Waals surface area contributed by atoms with Gasteiger partial charge in [-0.3, -0.25) is 0 Å². The quantitative estimate of drug-likeness (QED) is 0.565. The van der Waals surface area contributed by atoms with Crippen molar-refractivity contribution in [3.05, 3.63) is 71.3 Å². The Balaban J connectivity index is 1.98. The molecule has 0 atom stereocenters. The predicted octanol–water partition coefficient (Wildman–Crippen LogP) is 4.38. The average molecular weight is 318 g/mol. The Labute approximate surface area is 129 Å². The van der Waals surface area contributed by atoms with Crippen LogP contribution in [0.15, 0.2) is 66.0 Å². The van der Waals surface area contributed by atoms with Crippen molar-refractivity contribution in [3.8, 4) is 16.9 Å². The SMILES string of the molecule is O=Nc1ccc(-c2cc[nH][n+]2-c2ccc(C(F)(F)F)cc2)cc1. The van der Waals surface area contributed by atoms with Crippen LogP contribution in [-0.2, 0) is 6.18 Å². The second-order valence-corrected chi connectivity index (χ2v) is 4.87. The summed E-state index contributed by atoms with van der Waals surface area (Å²) in [5, 5.41) is 5.79. The number of nitrogens with one attached hydrogen (secondary N) is 1. The average Bonchev–Trinajstić information content (AvgIpc) is 3.04. The Bertz CT molecular complexity index is 821. The maximum atomic E-state index is 12.6. The van der Waals surface area contributed by atoms with Crippen molar-refractivity contribution in [2.75, 3.05) is 0 Å². The van der Waals surface area contributed by atoms with E-state index in [4.69, 9.17) is 0 Å². The van der Waals surface area contributed by atoms with Gasteiger partial charge in [-0.1, -0.05) is 4.68 Å². The summed E-state index contributed by atoms with van der Waals surface area (Å²) >= 11 is 0. The summed E-state index contributed by atoms with van der Waals surface area (Å²) in [6, 6.07) is 13.2. The maximum Gasteiger partial charge on any atom is 0.416 e. The van der Waals surface area contributed by atoms with Gasteiger partial charge >= 0.3 is 6.18 Å². The van der Waals surface area contributed by atoms with Crippen LogP contribution in [0.25, 0.3) is 16.9 Å². The first kappa shape index (κ1) is 15.0. The Morgan fingerprint density at radius 1 is 0.913 bits per heavy atom. The summed E-state index contributed by atoms with van der Waals surface area (Å²) in [4.78, 5) is 10.5. The highest BCUT2D eigenvalue weighted by molar-refractivity contribution is 5.59. The Morgan fingerprint density at radius 3 is 2.13 bits per heavy atom. The minimum absolute atomic E-state index is 0.311. The van der Waals surface area contributed by atoms with E-state index in [1.165, 1.54) is 12.1 Å². The van der Waals surface area contributed by atoms with Gasteiger partial charge in [-0.05, 0) is 41.6 Å². The van der Waals surface area contributed by atoms with Crippen LogP contribution in [-0.4, -0.2) is 5.10 Å². The van der Waals surface area contributed by atoms with E-state index in [9.17, 15) is 18.1 Å². The summed E-state index contributed by atoms with van der Waals surface area (Å²) in [6.07, 6.45) is -2.68. The topological polar surface area (TPSA) is 49.1 Å². The van der Waals surface area contributed by atoms with Crippen LogP contribution < -0.4 is 4.68 Å². The molecule has 0 spiro atoms. The van der Waals surface area contributed by atoms with Crippen LogP contribution in [0.1, 0.15) is 5.56 Å². The summed E-state index contributed by atoms with van der Waals surface area (Å²) in [5.41, 5.74) is 1.73. The molecule has 3 aromatic rings. The first-order valence-corrected chi connectivity index (χ1v) is 6.70. The molecule has 2 aromatic carbocycles. The van der Waals surface area contributed by atoms with Crippen LogP contribution in [0, 0.1) is 4.91 Å². The lowest BCUT2D eigenvalue weighted by Gasteiger charge is -2.05. The van der Waals surface area contributed by atoms with Gasteiger partial charge in [0.25, 0.3) is 0 Å². The maximum absolute atomic E-state index is 12.6. The monoisotopic (exact) mass is 318 g/mol. The van der Waals surface area contributed by atoms with Gasteiger partial charge in [0.05, 0.1) is 11.8 Å². The molecule has 3 rings (SSSR count). The van der Waals surface area contributed by atoms with Gasteiger partial charge in [-0.2, -0.15) is 18.3 Å². The summed E-state index contributed by atoms with van der Waals surface area (Å²) < 4.78 is 39.5. The third-order valence-corrected chi connectivity index (χ3v) is 3.41. The summed E-state index contributed by atoms with van der Waals surface area (Å²) in [6.45, 7) is 0. The second kappa shape index (κ2) is 5.68. The number of H-pyrrole nitrogens is 1. The first-order chi connectivity index (χ1) is 11.0. The van der Waals surface area contributed by atoms with E-state index in [1.807, 2.05) is 0 Å². The van der Waals surface area contributed by atoms with Crippen molar-refractivity contribution in [2.24, 2.45) is 5.18 Å². The Hall–Kier alpha value is -2.96. The smallest absolute Gasteiger partial charge is 0.167 e. The van der Waals surface area contributed by atoms with Gasteiger partial charge in [0.2, 0.25) is 11.4 Å². The van der Waals surface area contributed by atoms with E-state index in [-0.39, 0.29) is 0 Å². The normalized spacial score (nSPS) is 11.4. The van der Waals surface area contributed by atoms with E-state index in [2.05, 4.69) is 10.3 Å². The number of hydrogen-bond acceptors (Lipinski definition) is 2. The van der Waals surface area contributed by atoms with Crippen molar-refractivity contribution in [2.45, 2.75) is 6.18 Å². The van der Waals surface area contributed by atoms with E-state index in [1.54, 1.807) is 41.2 Å². The number of nitroso groups, excluding NO2 is 1. The molecule has 0 unspecified atom stereocenters. The minimum Gasteiger partial charge on any atom is -0.167 e. The van der Waals surface area contributed by atoms with Crippen LogP contribution in [0.3, 0.4) is 0 Å². The molecular weight excluding hydrogens is 307 g/mol. The molecule has 4 nitrogen and oxygen atoms in total. The summed E-state index contributed by atoms with van der Waals surface area (Å²) in [5.74, 6) is 0. The fraction of sp³-hybridized carbons (Fsp3) is 0.0625. The molecular formula is C16H11F3N3O+. The Morgan fingerprint density at radius 2 is 1.57 bits per heavy atom. The number of halogens is 3. The van der Waals surface area contributed by atoms with Crippen molar-refractivity contribution in [1.82, 2.24) is 5.10 Å². The lowest BCUT2D eigenvalue weighted by molar-refractivity contribution is -0.644. The van der Waals surface area contributed by atoms with Gasteiger partial charge in [-0.25, -0.2) is 0 Å². The molecule has 0 bridgehead atoms. The molecule has 1 aromatic heterocycles. The largest absolute Gasteiger partial charge is 0.416 e. The highest BCUT2D eigenvalue weighted by Gasteiger charge is 2.30. The van der Waals surface area contributed by atoms with Crippen molar-refractivity contribution in [3.63, 3.8) is 0 Å². The zero-order chi connectivity index (χ0) is 16.4. The van der Waals surface area contributed by atoms with E-state index in [0.717, 1.165) is 23.4 Å². The number of nitrogens with zero attached hydrogens (tertiary/aromatic N) is 2. The molecule has 23 heavy (non-hydrogen) atoms. The number of rotatable bonds is 3. The zero-order valence-corrected chi connectivity index (χ0v) is 11.7. The van der Waals surface area contributed by atoms with Crippen molar-refractivity contribution in [1.29, 1.82) is 0 Å². The summed E-state index contributed by atoms with van der Waals surface area (Å²) in [7, 11) is 0. The third-order valence-electron chi connectivity index (χ3n) is 3.41. The van der Waals surface area contributed by atoms with Crippen LogP contribution in [0.4, 0.5) is 18.9 Å². The fourth-order valence-electron chi connectivity index (χ4n) is 2.27. The van der Waals surface area contributed by atoms with E-state index in [0.29, 0.717) is 11.4 Å². The molecule has 1 N–H and O–H groups in total. The fourth-order valence-corrected chi connectivity index (χ4v) is 2.27. The highest BCUT2D eigenvalue weighted by Crippen LogP contribution is 2.29. The third kappa shape index (κ3) is 2.98. The molecule has 0 amide bonds. The highest BCUT2D eigenvalue weighted by atomic mass is 19.4. The molecule has 0 saturated carbocycles. The molecule has 0 fully saturated rings. The second-order valence-electron chi connectivity index (χ2n) is 4.87. The lowest BCUT2D eigenvalue weighted by Crippen LogP contribution is -2.34. The number of benzene rings is 2. The molecule has 0 aliphatic rings. The van der Waals surface area contributed by atoms with Crippen molar-refractivity contribution < 1.29 is 17.9 Å². The van der Waals surface area contributed by atoms with E-state index < -0.39 is 11.7 Å². The molecule has 116 valence electrons. The van der Waals surface area contributed by atoms with Gasteiger partial charge in [-0.15, -0.1) is 4.91 Å². The standard InChI is InChI=1S/C16H10F3N3O/c17-16(18,19)12-3-7-14(8-4-12)22-15(9-10-20-22)11-1-5-13(21-23)6-2-11/h1-10H/p+1. The van der Waals surface area contributed by atoms with Crippen LogP contribution >= 0.6 is 0 Å². The Kier molecular flexibility index (Phi) is 3.69. The zero-order valence-electron chi connectivity index (χ0n) is 11.7. The van der Waals surface area contributed by atoms with Crippen molar-refractivity contribution >= 4 is 5.69 Å². The molecule has 0 radical (unpaired) electrons. The number of aromatic nitrogens is 2. The number of aromatic amines is 1.